The zero-order valence-electron chi connectivity index (χ0n) is 22.2. The molecule has 10 heteroatoms. The van der Waals surface area contributed by atoms with Crippen molar-refractivity contribution < 1.29 is 34.1 Å². The van der Waals surface area contributed by atoms with Gasteiger partial charge in [-0.3, -0.25) is 14.8 Å². The molecule has 9 nitrogen and oxygen atoms in total. The van der Waals surface area contributed by atoms with Crippen molar-refractivity contribution in [2.75, 3.05) is 18.2 Å². The van der Waals surface area contributed by atoms with Crippen LogP contribution in [0.25, 0.3) is 0 Å². The van der Waals surface area contributed by atoms with E-state index in [1.54, 1.807) is 36.5 Å². The number of thioether (sulfide) groups is 1. The van der Waals surface area contributed by atoms with Gasteiger partial charge in [-0.15, -0.1) is 11.8 Å². The number of hydroxylamine groups is 1. The van der Waals surface area contributed by atoms with E-state index in [4.69, 9.17) is 19.4 Å². The number of aliphatic hydroxyl groups excluding tert-OH is 1. The van der Waals surface area contributed by atoms with Gasteiger partial charge in [0.1, 0.15) is 5.75 Å². The predicted molar refractivity (Wildman–Crippen MR) is 151 cm³/mol. The summed E-state index contributed by atoms with van der Waals surface area (Å²) in [5, 5.41) is 20.8. The lowest BCUT2D eigenvalue weighted by molar-refractivity contribution is -0.245. The predicted octanol–water partition coefficient (Wildman–Crippen LogP) is 5.14. The van der Waals surface area contributed by atoms with Crippen LogP contribution < -0.4 is 15.5 Å². The van der Waals surface area contributed by atoms with Crippen molar-refractivity contribution in [3.05, 3.63) is 89.5 Å². The molecule has 1 fully saturated rings. The van der Waals surface area contributed by atoms with Gasteiger partial charge in [0.25, 0.3) is 0 Å². The molecule has 3 atom stereocenters. The molecule has 1 heterocycles. The number of methoxy groups -OCH3 is 1. The van der Waals surface area contributed by atoms with E-state index in [1.807, 2.05) is 60.7 Å². The van der Waals surface area contributed by atoms with Crippen LogP contribution in [0, 0.1) is 0 Å². The van der Waals surface area contributed by atoms with E-state index >= 15 is 0 Å². The number of para-hydroxylation sites is 1. The zero-order chi connectivity index (χ0) is 28.3. The molecule has 0 radical (unpaired) electrons. The summed E-state index contributed by atoms with van der Waals surface area (Å²) >= 11 is 1.67. The lowest BCUT2D eigenvalue weighted by Crippen LogP contribution is -2.31. The van der Waals surface area contributed by atoms with Gasteiger partial charge in [0.15, 0.2) is 6.29 Å². The lowest BCUT2D eigenvalue weighted by atomic mass is 10.0. The van der Waals surface area contributed by atoms with E-state index in [-0.39, 0.29) is 37.6 Å². The fourth-order valence-electron chi connectivity index (χ4n) is 4.36. The molecule has 0 saturated carbocycles. The molecule has 212 valence electrons. The second-order valence-electron chi connectivity index (χ2n) is 9.37. The van der Waals surface area contributed by atoms with Crippen molar-refractivity contribution in [1.82, 2.24) is 5.48 Å². The van der Waals surface area contributed by atoms with E-state index in [2.05, 4.69) is 5.32 Å². The SMILES string of the molecule is COc1ccccc1SC[C@H]1C[C@@H](c2ccc(CO)cc2)O[C@@H](c2ccc(NC(=O)CCCC(=O)NO)cc2)O1. The van der Waals surface area contributed by atoms with E-state index in [0.717, 1.165) is 27.3 Å². The first-order valence-corrected chi connectivity index (χ1v) is 14.1. The molecule has 1 aliphatic rings. The summed E-state index contributed by atoms with van der Waals surface area (Å²) in [4.78, 5) is 24.4. The van der Waals surface area contributed by atoms with Crippen molar-refractivity contribution in [3.8, 4) is 5.75 Å². The number of hydrogen-bond donors (Lipinski definition) is 4. The fourth-order valence-corrected chi connectivity index (χ4v) is 5.40. The standard InChI is InChI=1S/C30H34N2O7S/c1-37-25-5-2-3-6-27(25)40-19-24-17-26(21-11-9-20(18-33)10-12-21)39-30(38-24)22-13-15-23(16-14-22)31-28(34)7-4-8-29(35)32-36/h2-3,5-6,9-16,24,26,30,33,36H,4,7-8,17-19H2,1H3,(H,31,34)(H,32,35)/t24-,26+,30+/m1/s1. The number of amides is 2. The fraction of sp³-hybridized carbons (Fsp3) is 0.333. The first-order chi connectivity index (χ1) is 19.5. The number of anilines is 1. The van der Waals surface area contributed by atoms with E-state index in [9.17, 15) is 14.7 Å². The third-order valence-corrected chi connectivity index (χ3v) is 7.69. The number of carbonyl (C=O) groups excluding carboxylic acids is 2. The molecule has 3 aromatic rings. The van der Waals surface area contributed by atoms with Gasteiger partial charge in [0, 0.05) is 41.2 Å². The lowest BCUT2D eigenvalue weighted by Gasteiger charge is -2.36. The van der Waals surface area contributed by atoms with Crippen LogP contribution in [0.4, 0.5) is 5.69 Å². The average molecular weight is 567 g/mol. The van der Waals surface area contributed by atoms with Crippen molar-refractivity contribution in [2.45, 2.75) is 55.7 Å². The largest absolute Gasteiger partial charge is 0.496 e. The number of nitrogens with one attached hydrogen (secondary N) is 2. The molecule has 4 N–H and O–H groups in total. The smallest absolute Gasteiger partial charge is 0.243 e. The van der Waals surface area contributed by atoms with Gasteiger partial charge in [0.05, 0.1) is 25.9 Å². The Morgan fingerprint density at radius 3 is 2.35 bits per heavy atom. The summed E-state index contributed by atoms with van der Waals surface area (Å²) in [6, 6.07) is 22.9. The second kappa shape index (κ2) is 14.8. The zero-order valence-corrected chi connectivity index (χ0v) is 23.1. The highest BCUT2D eigenvalue weighted by Gasteiger charge is 2.32. The minimum atomic E-state index is -0.610. The van der Waals surface area contributed by atoms with Crippen LogP contribution in [0.1, 0.15) is 54.8 Å². The third-order valence-electron chi connectivity index (χ3n) is 6.51. The van der Waals surface area contributed by atoms with Crippen molar-refractivity contribution in [2.24, 2.45) is 0 Å². The van der Waals surface area contributed by atoms with Crippen LogP contribution in [0.3, 0.4) is 0 Å². The topological polar surface area (TPSA) is 126 Å². The summed E-state index contributed by atoms with van der Waals surface area (Å²) < 4.78 is 18.3. The maximum atomic E-state index is 12.2. The molecule has 1 saturated heterocycles. The minimum Gasteiger partial charge on any atom is -0.496 e. The number of benzene rings is 3. The summed E-state index contributed by atoms with van der Waals surface area (Å²) in [5.74, 6) is 0.783. The first-order valence-electron chi connectivity index (χ1n) is 13.1. The van der Waals surface area contributed by atoms with Gasteiger partial charge >= 0.3 is 0 Å². The van der Waals surface area contributed by atoms with Gasteiger partial charge in [-0.05, 0) is 41.8 Å². The highest BCUT2D eigenvalue weighted by molar-refractivity contribution is 7.99. The molecule has 0 aliphatic carbocycles. The maximum absolute atomic E-state index is 12.2. The molecule has 1 aliphatic heterocycles. The van der Waals surface area contributed by atoms with E-state index < -0.39 is 12.2 Å². The van der Waals surface area contributed by atoms with Crippen molar-refractivity contribution >= 4 is 29.3 Å². The monoisotopic (exact) mass is 566 g/mol. The number of hydrogen-bond acceptors (Lipinski definition) is 8. The number of aliphatic hydroxyl groups is 1. The molecule has 3 aromatic carbocycles. The van der Waals surface area contributed by atoms with Gasteiger partial charge in [0.2, 0.25) is 11.8 Å². The maximum Gasteiger partial charge on any atom is 0.243 e. The Morgan fingerprint density at radius 1 is 0.950 bits per heavy atom. The van der Waals surface area contributed by atoms with E-state index in [1.165, 1.54) is 0 Å². The Bertz CT molecular complexity index is 1250. The van der Waals surface area contributed by atoms with Crippen molar-refractivity contribution in [3.63, 3.8) is 0 Å². The van der Waals surface area contributed by atoms with Crippen LogP contribution in [-0.4, -0.2) is 41.1 Å². The Morgan fingerprint density at radius 2 is 1.65 bits per heavy atom. The molecular weight excluding hydrogens is 532 g/mol. The minimum absolute atomic E-state index is 0.0173. The van der Waals surface area contributed by atoms with Crippen LogP contribution in [0.5, 0.6) is 5.75 Å². The van der Waals surface area contributed by atoms with Gasteiger partial charge in [-0.25, -0.2) is 5.48 Å². The second-order valence-corrected chi connectivity index (χ2v) is 10.4. The van der Waals surface area contributed by atoms with Crippen LogP contribution in [0.15, 0.2) is 77.7 Å². The Balaban J connectivity index is 1.44. The molecule has 0 bridgehead atoms. The van der Waals surface area contributed by atoms with Crippen molar-refractivity contribution in [1.29, 1.82) is 0 Å². The average Bonchev–Trinajstić information content (AvgIpc) is 3.00. The first kappa shape index (κ1) is 29.6. The highest BCUT2D eigenvalue weighted by atomic mass is 32.2. The Kier molecular flexibility index (Phi) is 11.0. The highest BCUT2D eigenvalue weighted by Crippen LogP contribution is 2.40. The molecular formula is C30H34N2O7S. The van der Waals surface area contributed by atoms with Gasteiger partial charge in [-0.2, -0.15) is 0 Å². The molecule has 4 rings (SSSR count). The number of ether oxygens (including phenoxy) is 3. The summed E-state index contributed by atoms with van der Waals surface area (Å²) in [5.41, 5.74) is 4.85. The van der Waals surface area contributed by atoms with Gasteiger partial charge in [-0.1, -0.05) is 48.5 Å². The molecule has 40 heavy (non-hydrogen) atoms. The van der Waals surface area contributed by atoms with Crippen LogP contribution in [0.2, 0.25) is 0 Å². The van der Waals surface area contributed by atoms with Crippen LogP contribution in [-0.2, 0) is 25.7 Å². The summed E-state index contributed by atoms with van der Waals surface area (Å²) in [7, 11) is 1.66. The molecule has 0 unspecified atom stereocenters. The summed E-state index contributed by atoms with van der Waals surface area (Å²) in [6.45, 7) is -0.0173. The van der Waals surface area contributed by atoms with E-state index in [0.29, 0.717) is 24.3 Å². The molecule has 0 aromatic heterocycles. The van der Waals surface area contributed by atoms with Gasteiger partial charge < -0.3 is 24.6 Å². The number of rotatable bonds is 12. The normalized spacial score (nSPS) is 18.6. The Labute approximate surface area is 237 Å². The quantitative estimate of drug-likeness (QED) is 0.135. The number of carbonyl (C=O) groups is 2. The molecule has 0 spiro atoms. The Hall–Kier alpha value is -3.41. The summed E-state index contributed by atoms with van der Waals surface area (Å²) in [6.07, 6.45) is 0.304. The third kappa shape index (κ3) is 8.30. The molecule has 2 amide bonds. The van der Waals surface area contributed by atoms with Crippen LogP contribution >= 0.6 is 11.8 Å².